The number of carbonyl (C=O) groups is 1. The van der Waals surface area contributed by atoms with E-state index in [1.807, 2.05) is 17.5 Å². The zero-order valence-electron chi connectivity index (χ0n) is 13.8. The van der Waals surface area contributed by atoms with Crippen LogP contribution in [0.25, 0.3) is 10.8 Å². The number of hydrogen-bond donors (Lipinski definition) is 2. The topological polar surface area (TPSA) is 67.2 Å². The molecule has 0 bridgehead atoms. The van der Waals surface area contributed by atoms with E-state index >= 15 is 0 Å². The molecule has 1 saturated heterocycles. The standard InChI is InChI=1S/C17H23N3O2S.ClH/c1-12(13-4-2-6-18-9-13)8-16(21)19-10-14-11-23-17(20-14)15-5-3-7-22-15;/h3,5,7,11-13,18H,2,4,6,8-10H2,1H3,(H,19,21);1H. The Hall–Kier alpha value is -1.37. The van der Waals surface area contributed by atoms with E-state index in [4.69, 9.17) is 4.42 Å². The van der Waals surface area contributed by atoms with Crippen LogP contribution in [-0.4, -0.2) is 24.0 Å². The molecule has 5 nitrogen and oxygen atoms in total. The quantitative estimate of drug-likeness (QED) is 0.818. The summed E-state index contributed by atoms with van der Waals surface area (Å²) in [5.74, 6) is 1.90. The van der Waals surface area contributed by atoms with Gasteiger partial charge < -0.3 is 15.1 Å². The molecule has 0 spiro atoms. The van der Waals surface area contributed by atoms with Crippen molar-refractivity contribution in [3.63, 3.8) is 0 Å². The van der Waals surface area contributed by atoms with Crippen molar-refractivity contribution in [2.45, 2.75) is 32.7 Å². The fraction of sp³-hybridized carbons (Fsp3) is 0.529. The van der Waals surface area contributed by atoms with Crippen LogP contribution in [0, 0.1) is 11.8 Å². The molecule has 2 N–H and O–H groups in total. The molecule has 2 unspecified atom stereocenters. The van der Waals surface area contributed by atoms with Crippen molar-refractivity contribution < 1.29 is 9.21 Å². The predicted octanol–water partition coefficient (Wildman–Crippen LogP) is 3.47. The molecule has 0 aliphatic carbocycles. The number of piperidine rings is 1. The average Bonchev–Trinajstić information content (AvgIpc) is 3.25. The van der Waals surface area contributed by atoms with E-state index in [2.05, 4.69) is 22.5 Å². The number of rotatable bonds is 6. The second kappa shape index (κ2) is 9.20. The Balaban J connectivity index is 0.00000208. The van der Waals surface area contributed by atoms with Crippen molar-refractivity contribution in [3.05, 3.63) is 29.5 Å². The highest BCUT2D eigenvalue weighted by Gasteiger charge is 2.22. The maximum absolute atomic E-state index is 12.1. The summed E-state index contributed by atoms with van der Waals surface area (Å²) < 4.78 is 5.33. The summed E-state index contributed by atoms with van der Waals surface area (Å²) in [6.07, 6.45) is 4.66. The minimum absolute atomic E-state index is 0. The van der Waals surface area contributed by atoms with E-state index in [0.717, 1.165) is 29.6 Å². The van der Waals surface area contributed by atoms with Gasteiger partial charge in [0, 0.05) is 11.8 Å². The Labute approximate surface area is 152 Å². The number of nitrogens with one attached hydrogen (secondary N) is 2. The van der Waals surface area contributed by atoms with Gasteiger partial charge in [-0.25, -0.2) is 4.98 Å². The highest BCUT2D eigenvalue weighted by Crippen LogP contribution is 2.24. The lowest BCUT2D eigenvalue weighted by Gasteiger charge is -2.27. The maximum Gasteiger partial charge on any atom is 0.220 e. The molecule has 132 valence electrons. The summed E-state index contributed by atoms with van der Waals surface area (Å²) >= 11 is 1.53. The summed E-state index contributed by atoms with van der Waals surface area (Å²) in [7, 11) is 0. The third kappa shape index (κ3) is 5.06. The van der Waals surface area contributed by atoms with E-state index in [1.54, 1.807) is 6.26 Å². The largest absolute Gasteiger partial charge is 0.462 e. The molecule has 0 radical (unpaired) electrons. The zero-order valence-corrected chi connectivity index (χ0v) is 15.4. The molecule has 24 heavy (non-hydrogen) atoms. The maximum atomic E-state index is 12.1. The first-order valence-corrected chi connectivity index (χ1v) is 9.06. The Bertz CT molecular complexity index is 624. The molecule has 3 heterocycles. The van der Waals surface area contributed by atoms with Crippen LogP contribution < -0.4 is 10.6 Å². The molecule has 0 saturated carbocycles. The molecule has 1 fully saturated rings. The number of furan rings is 1. The van der Waals surface area contributed by atoms with Gasteiger partial charge >= 0.3 is 0 Å². The molecule has 0 aromatic carbocycles. The van der Waals surface area contributed by atoms with Crippen molar-refractivity contribution in [2.24, 2.45) is 11.8 Å². The van der Waals surface area contributed by atoms with Gasteiger partial charge in [0.2, 0.25) is 5.91 Å². The van der Waals surface area contributed by atoms with Gasteiger partial charge in [-0.15, -0.1) is 23.7 Å². The molecule has 7 heteroatoms. The van der Waals surface area contributed by atoms with E-state index in [1.165, 1.54) is 24.2 Å². The Morgan fingerprint density at radius 3 is 3.17 bits per heavy atom. The molecule has 2 atom stereocenters. The zero-order chi connectivity index (χ0) is 16.1. The number of halogens is 1. The van der Waals surface area contributed by atoms with Crippen molar-refractivity contribution in [1.29, 1.82) is 0 Å². The van der Waals surface area contributed by atoms with Gasteiger partial charge in [0.15, 0.2) is 10.8 Å². The monoisotopic (exact) mass is 369 g/mol. The summed E-state index contributed by atoms with van der Waals surface area (Å²) in [6, 6.07) is 3.74. The fourth-order valence-electron chi connectivity index (χ4n) is 2.99. The van der Waals surface area contributed by atoms with Crippen LogP contribution in [0.5, 0.6) is 0 Å². The van der Waals surface area contributed by atoms with E-state index in [-0.39, 0.29) is 18.3 Å². The van der Waals surface area contributed by atoms with Crippen molar-refractivity contribution in [3.8, 4) is 10.8 Å². The van der Waals surface area contributed by atoms with Crippen LogP contribution in [0.1, 0.15) is 31.9 Å². The molecule has 2 aromatic rings. The normalized spacial score (nSPS) is 18.6. The SMILES string of the molecule is CC(CC(=O)NCc1csc(-c2ccco2)n1)C1CCCNC1.Cl. The lowest BCUT2D eigenvalue weighted by molar-refractivity contribution is -0.122. The first kappa shape index (κ1) is 19.0. The lowest BCUT2D eigenvalue weighted by atomic mass is 9.85. The van der Waals surface area contributed by atoms with E-state index in [0.29, 0.717) is 24.8 Å². The first-order valence-electron chi connectivity index (χ1n) is 8.18. The smallest absolute Gasteiger partial charge is 0.220 e. The fourth-order valence-corrected chi connectivity index (χ4v) is 3.77. The van der Waals surface area contributed by atoms with Gasteiger partial charge in [0.1, 0.15) is 0 Å². The van der Waals surface area contributed by atoms with Gasteiger partial charge in [-0.3, -0.25) is 4.79 Å². The summed E-state index contributed by atoms with van der Waals surface area (Å²) in [5.41, 5.74) is 0.877. The van der Waals surface area contributed by atoms with Gasteiger partial charge in [-0.05, 0) is 49.9 Å². The molecular formula is C17H24ClN3O2S. The lowest BCUT2D eigenvalue weighted by Crippen LogP contribution is -2.35. The van der Waals surface area contributed by atoms with E-state index in [9.17, 15) is 4.79 Å². The van der Waals surface area contributed by atoms with Gasteiger partial charge in [0.25, 0.3) is 0 Å². The molecule has 3 rings (SSSR count). The molecular weight excluding hydrogens is 346 g/mol. The number of amides is 1. The minimum Gasteiger partial charge on any atom is -0.462 e. The van der Waals surface area contributed by atoms with Gasteiger partial charge in [0.05, 0.1) is 18.5 Å². The number of thiazole rings is 1. The second-order valence-electron chi connectivity index (χ2n) is 6.19. The van der Waals surface area contributed by atoms with Crippen LogP contribution >= 0.6 is 23.7 Å². The first-order chi connectivity index (χ1) is 11.2. The molecule has 1 aliphatic rings. The highest BCUT2D eigenvalue weighted by atomic mass is 35.5. The van der Waals surface area contributed by atoms with Crippen LogP contribution in [0.15, 0.2) is 28.2 Å². The minimum atomic E-state index is 0. The van der Waals surface area contributed by atoms with Gasteiger partial charge in [-0.1, -0.05) is 6.92 Å². The number of carbonyl (C=O) groups excluding carboxylic acids is 1. The highest BCUT2D eigenvalue weighted by molar-refractivity contribution is 7.13. The van der Waals surface area contributed by atoms with Crippen molar-refractivity contribution >= 4 is 29.7 Å². The summed E-state index contributed by atoms with van der Waals surface area (Å²) in [6.45, 7) is 4.80. The number of nitrogens with zero attached hydrogens (tertiary/aromatic N) is 1. The summed E-state index contributed by atoms with van der Waals surface area (Å²) in [4.78, 5) is 16.6. The predicted molar refractivity (Wildman–Crippen MR) is 98.3 cm³/mol. The summed E-state index contributed by atoms with van der Waals surface area (Å²) in [5, 5.41) is 9.21. The average molecular weight is 370 g/mol. The third-order valence-electron chi connectivity index (χ3n) is 4.40. The Kier molecular flexibility index (Phi) is 7.27. The van der Waals surface area contributed by atoms with Crippen LogP contribution in [0.3, 0.4) is 0 Å². The second-order valence-corrected chi connectivity index (χ2v) is 7.04. The molecule has 1 aliphatic heterocycles. The van der Waals surface area contributed by atoms with Crippen LogP contribution in [0.2, 0.25) is 0 Å². The number of aromatic nitrogens is 1. The molecule has 1 amide bonds. The van der Waals surface area contributed by atoms with Crippen molar-refractivity contribution in [1.82, 2.24) is 15.6 Å². The Morgan fingerprint density at radius 1 is 1.58 bits per heavy atom. The Morgan fingerprint density at radius 2 is 2.46 bits per heavy atom. The van der Waals surface area contributed by atoms with E-state index < -0.39 is 0 Å². The van der Waals surface area contributed by atoms with Crippen LogP contribution in [0.4, 0.5) is 0 Å². The number of hydrogen-bond acceptors (Lipinski definition) is 5. The van der Waals surface area contributed by atoms with Gasteiger partial charge in [-0.2, -0.15) is 0 Å². The molecule has 2 aromatic heterocycles. The van der Waals surface area contributed by atoms with Crippen molar-refractivity contribution in [2.75, 3.05) is 13.1 Å². The van der Waals surface area contributed by atoms with Crippen LogP contribution in [-0.2, 0) is 11.3 Å². The third-order valence-corrected chi connectivity index (χ3v) is 5.30.